The van der Waals surface area contributed by atoms with E-state index in [-0.39, 0.29) is 39.6 Å². The minimum Gasteiger partial charge on any atom is -0.396 e. The first-order valence-corrected chi connectivity index (χ1v) is 17.2. The zero-order chi connectivity index (χ0) is 32.3. The first-order valence-electron chi connectivity index (χ1n) is 17.2. The third kappa shape index (κ3) is 4.37. The summed E-state index contributed by atoms with van der Waals surface area (Å²) >= 11 is 0. The summed E-state index contributed by atoms with van der Waals surface area (Å²) in [6.07, 6.45) is 3.74. The standard InChI is InChI=1S/C36H58O8/c1-31(2)16-21-20-8-9-24-33(4)12-11-26(44-30-29(42)28(41)27(40)22(18-37)43-30)34(5,19-38)23(33)10-13-36(24,7)35(20,6)15-14-32(21,3)25(39)17-31/h8,21-24,26-30,37-38,40-42H,9-19H2,1-7H3. The van der Waals surface area contributed by atoms with Crippen molar-refractivity contribution in [3.63, 3.8) is 0 Å². The molecule has 6 aliphatic rings. The van der Waals surface area contributed by atoms with Crippen LogP contribution in [0.4, 0.5) is 0 Å². The Hall–Kier alpha value is -0.870. The van der Waals surface area contributed by atoms with Crippen LogP contribution in [0.2, 0.25) is 0 Å². The highest BCUT2D eigenvalue weighted by Crippen LogP contribution is 2.75. The molecule has 8 heteroatoms. The molecule has 0 amide bonds. The Balaban J connectivity index is 1.30. The number of ether oxygens (including phenoxy) is 2. The van der Waals surface area contributed by atoms with Crippen molar-refractivity contribution in [1.29, 1.82) is 0 Å². The lowest BCUT2D eigenvalue weighted by Gasteiger charge is -2.71. The molecule has 250 valence electrons. The van der Waals surface area contributed by atoms with E-state index in [0.717, 1.165) is 44.9 Å². The van der Waals surface area contributed by atoms with E-state index in [1.807, 2.05) is 0 Å². The van der Waals surface area contributed by atoms with Gasteiger partial charge >= 0.3 is 0 Å². The molecule has 1 heterocycles. The van der Waals surface area contributed by atoms with E-state index in [9.17, 15) is 30.3 Å². The van der Waals surface area contributed by atoms with Crippen LogP contribution in [0.25, 0.3) is 0 Å². The molecule has 1 aliphatic heterocycles. The third-order valence-electron chi connectivity index (χ3n) is 15.1. The van der Waals surface area contributed by atoms with Gasteiger partial charge in [0, 0.05) is 17.3 Å². The van der Waals surface area contributed by atoms with E-state index in [2.05, 4.69) is 54.5 Å². The number of carbonyl (C=O) groups is 1. The first kappa shape index (κ1) is 33.0. The Kier molecular flexibility index (Phi) is 7.94. The van der Waals surface area contributed by atoms with Crippen molar-refractivity contribution in [3.05, 3.63) is 11.6 Å². The van der Waals surface area contributed by atoms with Gasteiger partial charge in [0.1, 0.15) is 30.2 Å². The maximum Gasteiger partial charge on any atom is 0.186 e. The molecule has 0 radical (unpaired) electrons. The molecule has 0 spiro atoms. The maximum absolute atomic E-state index is 13.6. The van der Waals surface area contributed by atoms with E-state index in [0.29, 0.717) is 30.5 Å². The van der Waals surface area contributed by atoms with Gasteiger partial charge in [-0.15, -0.1) is 0 Å². The summed E-state index contributed by atoms with van der Waals surface area (Å²) in [6, 6.07) is 0. The van der Waals surface area contributed by atoms with Gasteiger partial charge in [0.15, 0.2) is 6.29 Å². The second kappa shape index (κ2) is 10.6. The van der Waals surface area contributed by atoms with Crippen LogP contribution in [0.1, 0.15) is 106 Å². The van der Waals surface area contributed by atoms with Crippen LogP contribution in [0.3, 0.4) is 0 Å². The second-order valence-corrected chi connectivity index (χ2v) is 17.8. The third-order valence-corrected chi connectivity index (χ3v) is 15.1. The smallest absolute Gasteiger partial charge is 0.186 e. The summed E-state index contributed by atoms with van der Waals surface area (Å²) in [5.74, 6) is 1.33. The number of carbonyl (C=O) groups excluding carboxylic acids is 1. The van der Waals surface area contributed by atoms with Crippen molar-refractivity contribution in [2.75, 3.05) is 13.2 Å². The molecule has 14 unspecified atom stereocenters. The fourth-order valence-electron chi connectivity index (χ4n) is 12.0. The summed E-state index contributed by atoms with van der Waals surface area (Å²) < 4.78 is 12.1. The molecule has 1 saturated heterocycles. The molecule has 6 rings (SSSR count). The Morgan fingerprint density at radius 2 is 1.59 bits per heavy atom. The predicted octanol–water partition coefficient (Wildman–Crippen LogP) is 4.14. The van der Waals surface area contributed by atoms with Gasteiger partial charge in [-0.3, -0.25) is 4.79 Å². The summed E-state index contributed by atoms with van der Waals surface area (Å²) in [5.41, 5.74) is 0.717. The Morgan fingerprint density at radius 1 is 0.886 bits per heavy atom. The number of hydrogen-bond acceptors (Lipinski definition) is 8. The summed E-state index contributed by atoms with van der Waals surface area (Å²) in [6.45, 7) is 15.7. The highest BCUT2D eigenvalue weighted by molar-refractivity contribution is 5.87. The van der Waals surface area contributed by atoms with Gasteiger partial charge in [-0.1, -0.05) is 60.1 Å². The molecule has 0 aromatic carbocycles. The molecule has 4 saturated carbocycles. The van der Waals surface area contributed by atoms with Crippen molar-refractivity contribution in [3.8, 4) is 0 Å². The lowest BCUT2D eigenvalue weighted by molar-refractivity contribution is -0.333. The molecule has 8 nitrogen and oxygen atoms in total. The van der Waals surface area contributed by atoms with Crippen molar-refractivity contribution in [1.82, 2.24) is 0 Å². The minimum atomic E-state index is -1.50. The topological polar surface area (TPSA) is 137 Å². The fraction of sp³-hybridized carbons (Fsp3) is 0.917. The SMILES string of the molecule is CC1(C)CC(=O)C2(C)CCC3(C)C(=CCC4C5(C)CCC(OC6OC(CO)C(O)C(O)C6O)C(C)(CO)C5CCC43C)C2C1. The van der Waals surface area contributed by atoms with Gasteiger partial charge in [-0.2, -0.15) is 0 Å². The molecular formula is C36H58O8. The van der Waals surface area contributed by atoms with Crippen LogP contribution in [0, 0.1) is 50.2 Å². The average Bonchev–Trinajstić information content (AvgIpc) is 2.96. The van der Waals surface area contributed by atoms with E-state index in [1.165, 1.54) is 5.57 Å². The number of aliphatic hydroxyl groups excluding tert-OH is 5. The normalized spacial score (nSPS) is 55.2. The molecule has 5 aliphatic carbocycles. The zero-order valence-electron chi connectivity index (χ0n) is 28.0. The first-order chi connectivity index (χ1) is 20.4. The van der Waals surface area contributed by atoms with Crippen LogP contribution in [-0.4, -0.2) is 81.3 Å². The van der Waals surface area contributed by atoms with Gasteiger partial charge in [-0.25, -0.2) is 0 Å². The monoisotopic (exact) mass is 618 g/mol. The number of fused-ring (bicyclic) bond motifs is 7. The van der Waals surface area contributed by atoms with Crippen LogP contribution < -0.4 is 0 Å². The van der Waals surface area contributed by atoms with Crippen molar-refractivity contribution >= 4 is 5.78 Å². The molecule has 0 aromatic rings. The molecule has 44 heavy (non-hydrogen) atoms. The zero-order valence-corrected chi connectivity index (χ0v) is 28.0. The van der Waals surface area contributed by atoms with Gasteiger partial charge in [0.25, 0.3) is 0 Å². The van der Waals surface area contributed by atoms with Crippen LogP contribution in [0.5, 0.6) is 0 Å². The van der Waals surface area contributed by atoms with E-state index >= 15 is 0 Å². The lowest BCUT2D eigenvalue weighted by Crippen LogP contribution is -2.67. The number of ketones is 1. The Labute approximate surface area is 263 Å². The van der Waals surface area contributed by atoms with Gasteiger partial charge in [0.2, 0.25) is 0 Å². The number of rotatable bonds is 4. The number of hydrogen-bond donors (Lipinski definition) is 5. The molecule has 5 fully saturated rings. The van der Waals surface area contributed by atoms with Crippen molar-refractivity contribution < 1.29 is 39.8 Å². The highest BCUT2D eigenvalue weighted by atomic mass is 16.7. The average molecular weight is 619 g/mol. The van der Waals surface area contributed by atoms with Crippen LogP contribution >= 0.6 is 0 Å². The second-order valence-electron chi connectivity index (χ2n) is 17.8. The summed E-state index contributed by atoms with van der Waals surface area (Å²) in [7, 11) is 0. The predicted molar refractivity (Wildman–Crippen MR) is 165 cm³/mol. The fourth-order valence-corrected chi connectivity index (χ4v) is 12.0. The number of aliphatic hydroxyl groups is 5. The molecule has 0 bridgehead atoms. The Bertz CT molecular complexity index is 1180. The van der Waals surface area contributed by atoms with Crippen LogP contribution in [0.15, 0.2) is 11.6 Å². The highest BCUT2D eigenvalue weighted by Gasteiger charge is 2.69. The van der Waals surface area contributed by atoms with Crippen molar-refractivity contribution in [2.24, 2.45) is 50.2 Å². The molecule has 0 aromatic heterocycles. The molecule has 14 atom stereocenters. The largest absolute Gasteiger partial charge is 0.396 e. The Morgan fingerprint density at radius 3 is 2.25 bits per heavy atom. The number of Topliss-reactive ketones (excluding diaryl/α,β-unsaturated/α-hetero) is 1. The van der Waals surface area contributed by atoms with Crippen molar-refractivity contribution in [2.45, 2.75) is 143 Å². The molecular weight excluding hydrogens is 560 g/mol. The van der Waals surface area contributed by atoms with Gasteiger partial charge in [0.05, 0.1) is 19.3 Å². The minimum absolute atomic E-state index is 0.0149. The van der Waals surface area contributed by atoms with Gasteiger partial charge in [-0.05, 0) is 90.8 Å². The number of allylic oxidation sites excluding steroid dienone is 2. The van der Waals surface area contributed by atoms with E-state index in [4.69, 9.17) is 9.47 Å². The van der Waals surface area contributed by atoms with Crippen LogP contribution in [-0.2, 0) is 14.3 Å². The van der Waals surface area contributed by atoms with E-state index in [1.54, 1.807) is 0 Å². The van der Waals surface area contributed by atoms with E-state index < -0.39 is 48.8 Å². The summed E-state index contributed by atoms with van der Waals surface area (Å²) in [4.78, 5) is 13.6. The lowest BCUT2D eigenvalue weighted by atomic mass is 9.33. The molecule has 5 N–H and O–H groups in total. The maximum atomic E-state index is 13.6. The quantitative estimate of drug-likeness (QED) is 0.234. The van der Waals surface area contributed by atoms with Gasteiger partial charge < -0.3 is 35.0 Å². The summed E-state index contributed by atoms with van der Waals surface area (Å²) in [5, 5.41) is 52.1.